The van der Waals surface area contributed by atoms with Crippen molar-refractivity contribution in [3.63, 3.8) is 0 Å². The van der Waals surface area contributed by atoms with Crippen LogP contribution in [0.5, 0.6) is 0 Å². The van der Waals surface area contributed by atoms with Crippen molar-refractivity contribution < 1.29 is 0 Å². The van der Waals surface area contributed by atoms with Crippen LogP contribution < -0.4 is 5.32 Å². The third-order valence-corrected chi connectivity index (χ3v) is 5.61. The molecule has 29 heavy (non-hydrogen) atoms. The van der Waals surface area contributed by atoms with Crippen LogP contribution in [-0.4, -0.2) is 26.0 Å². The van der Waals surface area contributed by atoms with E-state index in [1.54, 1.807) is 6.20 Å². The van der Waals surface area contributed by atoms with E-state index in [0.29, 0.717) is 18.0 Å². The number of hydrogen-bond acceptors (Lipinski definition) is 5. The molecule has 2 N–H and O–H groups in total. The standard InChI is InChI=1S/C23H22N6/c24-13-16-11-18-21(25-14-16)20-22(26-17-9-5-2-6-10-17)28-19(29-23(20)27-18)12-15-7-3-1-4-8-15/h1,3-4,7-8,11,14,17H,2,5-6,9-10,12H2,(H2,26,27,28,29). The van der Waals surface area contributed by atoms with E-state index in [4.69, 9.17) is 9.97 Å². The van der Waals surface area contributed by atoms with Crippen LogP contribution in [0.4, 0.5) is 5.82 Å². The van der Waals surface area contributed by atoms with Gasteiger partial charge in [-0.05, 0) is 24.5 Å². The molecule has 6 heteroatoms. The van der Waals surface area contributed by atoms with Gasteiger partial charge in [0.05, 0.1) is 16.5 Å². The largest absolute Gasteiger partial charge is 0.367 e. The Hall–Kier alpha value is -3.46. The van der Waals surface area contributed by atoms with Crippen LogP contribution in [0.2, 0.25) is 0 Å². The van der Waals surface area contributed by atoms with Gasteiger partial charge in [0.2, 0.25) is 0 Å². The van der Waals surface area contributed by atoms with E-state index in [1.165, 1.54) is 24.8 Å². The highest BCUT2D eigenvalue weighted by Gasteiger charge is 2.19. The first kappa shape index (κ1) is 17.6. The third kappa shape index (κ3) is 3.52. The molecule has 1 saturated carbocycles. The van der Waals surface area contributed by atoms with E-state index in [1.807, 2.05) is 24.3 Å². The summed E-state index contributed by atoms with van der Waals surface area (Å²) in [5, 5.41) is 13.8. The van der Waals surface area contributed by atoms with E-state index in [-0.39, 0.29) is 0 Å². The van der Waals surface area contributed by atoms with Crippen LogP contribution in [0.25, 0.3) is 22.1 Å². The molecule has 0 spiro atoms. The smallest absolute Gasteiger partial charge is 0.145 e. The number of pyridine rings is 1. The highest BCUT2D eigenvalue weighted by atomic mass is 15.1. The fourth-order valence-corrected chi connectivity index (χ4v) is 4.17. The Kier molecular flexibility index (Phi) is 4.57. The van der Waals surface area contributed by atoms with Gasteiger partial charge in [0.25, 0.3) is 0 Å². The van der Waals surface area contributed by atoms with E-state index in [0.717, 1.165) is 46.6 Å². The minimum absolute atomic E-state index is 0.426. The Morgan fingerprint density at radius 3 is 2.72 bits per heavy atom. The van der Waals surface area contributed by atoms with Gasteiger partial charge < -0.3 is 10.3 Å². The number of rotatable bonds is 4. The van der Waals surface area contributed by atoms with Gasteiger partial charge in [-0.15, -0.1) is 0 Å². The number of nitrogens with one attached hydrogen (secondary N) is 2. The van der Waals surface area contributed by atoms with Crippen molar-refractivity contribution in [1.29, 1.82) is 5.26 Å². The van der Waals surface area contributed by atoms with E-state index in [9.17, 15) is 5.26 Å². The molecular formula is C23H22N6. The summed E-state index contributed by atoms with van der Waals surface area (Å²) < 4.78 is 0. The van der Waals surface area contributed by atoms with Crippen molar-refractivity contribution in [2.75, 3.05) is 5.32 Å². The molecule has 5 rings (SSSR count). The lowest BCUT2D eigenvalue weighted by atomic mass is 9.95. The second-order valence-electron chi connectivity index (χ2n) is 7.71. The molecule has 3 aromatic heterocycles. The van der Waals surface area contributed by atoms with E-state index >= 15 is 0 Å². The Labute approximate surface area is 169 Å². The predicted molar refractivity (Wildman–Crippen MR) is 114 cm³/mol. The molecule has 1 aliphatic carbocycles. The number of H-pyrrole nitrogens is 1. The van der Waals surface area contributed by atoms with Crippen LogP contribution in [0.15, 0.2) is 42.6 Å². The summed E-state index contributed by atoms with van der Waals surface area (Å²) in [4.78, 5) is 17.6. The molecule has 0 atom stereocenters. The molecule has 0 unspecified atom stereocenters. The molecule has 3 heterocycles. The van der Waals surface area contributed by atoms with Gasteiger partial charge in [-0.25, -0.2) is 9.97 Å². The van der Waals surface area contributed by atoms with Crippen molar-refractivity contribution in [1.82, 2.24) is 19.9 Å². The molecule has 144 valence electrons. The van der Waals surface area contributed by atoms with E-state index in [2.05, 4.69) is 33.5 Å². The number of nitrogens with zero attached hydrogens (tertiary/aromatic N) is 4. The number of nitriles is 1. The van der Waals surface area contributed by atoms with E-state index < -0.39 is 0 Å². The molecule has 0 aliphatic heterocycles. The van der Waals surface area contributed by atoms with Crippen molar-refractivity contribution in [3.05, 3.63) is 59.5 Å². The summed E-state index contributed by atoms with van der Waals surface area (Å²) in [6.45, 7) is 0. The molecule has 0 bridgehead atoms. The molecule has 1 aliphatic rings. The fourth-order valence-electron chi connectivity index (χ4n) is 4.17. The van der Waals surface area contributed by atoms with Gasteiger partial charge in [-0.1, -0.05) is 49.6 Å². The summed E-state index contributed by atoms with van der Waals surface area (Å²) in [5.74, 6) is 1.62. The monoisotopic (exact) mass is 382 g/mol. The maximum absolute atomic E-state index is 9.21. The lowest BCUT2D eigenvalue weighted by Gasteiger charge is -2.23. The Morgan fingerprint density at radius 2 is 1.93 bits per heavy atom. The number of aromatic amines is 1. The summed E-state index contributed by atoms with van der Waals surface area (Å²) in [5.41, 5.74) is 4.10. The average Bonchev–Trinajstić information content (AvgIpc) is 3.12. The zero-order valence-electron chi connectivity index (χ0n) is 16.2. The normalized spacial score (nSPS) is 14.9. The Balaban J connectivity index is 1.63. The van der Waals surface area contributed by atoms with Gasteiger partial charge in [-0.2, -0.15) is 5.26 Å². The first-order valence-electron chi connectivity index (χ1n) is 10.2. The van der Waals surface area contributed by atoms with Gasteiger partial charge in [-0.3, -0.25) is 4.98 Å². The molecule has 1 aromatic carbocycles. The Bertz CT molecular complexity index is 1200. The second kappa shape index (κ2) is 7.51. The van der Waals surface area contributed by atoms with Gasteiger partial charge in [0.1, 0.15) is 28.9 Å². The van der Waals surface area contributed by atoms with Crippen LogP contribution in [0, 0.1) is 11.3 Å². The quantitative estimate of drug-likeness (QED) is 0.533. The molecule has 4 aromatic rings. The molecule has 0 radical (unpaired) electrons. The average molecular weight is 382 g/mol. The molecule has 6 nitrogen and oxygen atoms in total. The van der Waals surface area contributed by atoms with Gasteiger partial charge in [0.15, 0.2) is 0 Å². The van der Waals surface area contributed by atoms with Crippen LogP contribution in [-0.2, 0) is 6.42 Å². The highest BCUT2D eigenvalue weighted by Crippen LogP contribution is 2.31. The first-order chi connectivity index (χ1) is 14.3. The fraction of sp³-hybridized carbons (Fsp3) is 0.304. The van der Waals surface area contributed by atoms with Crippen LogP contribution in [0.3, 0.4) is 0 Å². The minimum Gasteiger partial charge on any atom is -0.367 e. The van der Waals surface area contributed by atoms with Crippen molar-refractivity contribution in [2.24, 2.45) is 0 Å². The van der Waals surface area contributed by atoms with Crippen molar-refractivity contribution in [2.45, 2.75) is 44.6 Å². The van der Waals surface area contributed by atoms with Crippen LogP contribution >= 0.6 is 0 Å². The molecule has 0 saturated heterocycles. The zero-order chi connectivity index (χ0) is 19.6. The second-order valence-corrected chi connectivity index (χ2v) is 7.71. The maximum Gasteiger partial charge on any atom is 0.145 e. The first-order valence-corrected chi connectivity index (χ1v) is 10.2. The van der Waals surface area contributed by atoms with Gasteiger partial charge in [0, 0.05) is 18.7 Å². The van der Waals surface area contributed by atoms with Crippen LogP contribution in [0.1, 0.15) is 49.1 Å². The summed E-state index contributed by atoms with van der Waals surface area (Å²) in [6.07, 6.45) is 8.41. The zero-order valence-corrected chi connectivity index (χ0v) is 16.2. The molecule has 0 amide bonds. The number of fused-ring (bicyclic) bond motifs is 3. The topological polar surface area (TPSA) is 90.3 Å². The Morgan fingerprint density at radius 1 is 1.10 bits per heavy atom. The highest BCUT2D eigenvalue weighted by molar-refractivity contribution is 6.09. The molecule has 1 fully saturated rings. The lowest BCUT2D eigenvalue weighted by Crippen LogP contribution is -2.23. The maximum atomic E-state index is 9.21. The third-order valence-electron chi connectivity index (χ3n) is 5.61. The number of hydrogen-bond donors (Lipinski definition) is 2. The SMILES string of the molecule is N#Cc1cnc2c(c1)[nH]c1nc(Cc3ccccc3)nc(NC3CCCCC3)c12. The number of benzene rings is 1. The number of anilines is 1. The van der Waals surface area contributed by atoms with Crippen molar-refractivity contribution >= 4 is 27.9 Å². The van der Waals surface area contributed by atoms with Crippen molar-refractivity contribution in [3.8, 4) is 6.07 Å². The predicted octanol–water partition coefficient (Wildman–Crippen LogP) is 4.71. The minimum atomic E-state index is 0.426. The summed E-state index contributed by atoms with van der Waals surface area (Å²) in [6, 6.07) is 14.7. The summed E-state index contributed by atoms with van der Waals surface area (Å²) in [7, 11) is 0. The number of aromatic nitrogens is 4. The van der Waals surface area contributed by atoms with Gasteiger partial charge >= 0.3 is 0 Å². The summed E-state index contributed by atoms with van der Waals surface area (Å²) >= 11 is 0. The lowest BCUT2D eigenvalue weighted by molar-refractivity contribution is 0.462. The molecular weight excluding hydrogens is 360 g/mol.